The molecule has 1 aromatic heterocycles. The number of rotatable bonds is 4. The number of carbonyl (C=O) groups excluding carboxylic acids is 1. The second-order valence-electron chi connectivity index (χ2n) is 4.69. The average Bonchev–Trinajstić information content (AvgIpc) is 2.68. The van der Waals surface area contributed by atoms with E-state index in [4.69, 9.17) is 11.6 Å². The highest BCUT2D eigenvalue weighted by Crippen LogP contribution is 2.21. The minimum atomic E-state index is 0.0353. The standard InChI is InChI=1S/C14H18ClN3O/c1-4-7-18-13-8-11(15)5-6-12(13)16-14(18)9-17(3)10(2)19/h5-6,8H,4,7,9H2,1-3H3. The van der Waals surface area contributed by atoms with Crippen molar-refractivity contribution in [3.63, 3.8) is 0 Å². The summed E-state index contributed by atoms with van der Waals surface area (Å²) in [6.07, 6.45) is 1.01. The summed E-state index contributed by atoms with van der Waals surface area (Å²) in [5, 5.41) is 0.705. The first-order valence-electron chi connectivity index (χ1n) is 6.39. The first-order valence-corrected chi connectivity index (χ1v) is 6.77. The van der Waals surface area contributed by atoms with Crippen molar-refractivity contribution in [1.82, 2.24) is 14.5 Å². The molecule has 0 atom stereocenters. The zero-order valence-corrected chi connectivity index (χ0v) is 12.2. The van der Waals surface area contributed by atoms with E-state index in [0.717, 1.165) is 29.8 Å². The van der Waals surface area contributed by atoms with E-state index >= 15 is 0 Å². The zero-order chi connectivity index (χ0) is 14.0. The maximum Gasteiger partial charge on any atom is 0.219 e. The molecule has 1 amide bonds. The molecular formula is C14H18ClN3O. The van der Waals surface area contributed by atoms with Crippen molar-refractivity contribution in [3.8, 4) is 0 Å². The maximum atomic E-state index is 11.4. The molecule has 2 rings (SSSR count). The van der Waals surface area contributed by atoms with Crippen molar-refractivity contribution in [2.45, 2.75) is 33.4 Å². The van der Waals surface area contributed by atoms with Crippen molar-refractivity contribution >= 4 is 28.5 Å². The molecule has 1 aromatic carbocycles. The van der Waals surface area contributed by atoms with Crippen LogP contribution in [0.4, 0.5) is 0 Å². The molecule has 0 saturated carbocycles. The molecule has 0 saturated heterocycles. The Morgan fingerprint density at radius 3 is 2.84 bits per heavy atom. The molecule has 2 aromatic rings. The molecule has 0 aliphatic carbocycles. The molecule has 0 fully saturated rings. The van der Waals surface area contributed by atoms with Crippen LogP contribution in [0.25, 0.3) is 11.0 Å². The number of imidazole rings is 1. The first kappa shape index (κ1) is 13.9. The van der Waals surface area contributed by atoms with Crippen molar-refractivity contribution in [1.29, 1.82) is 0 Å². The summed E-state index contributed by atoms with van der Waals surface area (Å²) < 4.78 is 2.14. The number of aryl methyl sites for hydroxylation is 1. The normalized spacial score (nSPS) is 10.9. The summed E-state index contributed by atoms with van der Waals surface area (Å²) in [4.78, 5) is 17.6. The predicted octanol–water partition coefficient (Wildman–Crippen LogP) is 3.08. The number of hydrogen-bond donors (Lipinski definition) is 0. The Morgan fingerprint density at radius 2 is 2.21 bits per heavy atom. The molecule has 0 bridgehead atoms. The van der Waals surface area contributed by atoms with E-state index in [1.807, 2.05) is 18.2 Å². The van der Waals surface area contributed by atoms with Gasteiger partial charge in [-0.05, 0) is 24.6 Å². The number of benzene rings is 1. The highest BCUT2D eigenvalue weighted by atomic mass is 35.5. The second-order valence-corrected chi connectivity index (χ2v) is 5.12. The summed E-state index contributed by atoms with van der Waals surface area (Å²) in [7, 11) is 1.78. The summed E-state index contributed by atoms with van der Waals surface area (Å²) in [6.45, 7) is 5.07. The van der Waals surface area contributed by atoms with Gasteiger partial charge in [0.1, 0.15) is 5.82 Å². The Morgan fingerprint density at radius 1 is 1.47 bits per heavy atom. The van der Waals surface area contributed by atoms with Crippen LogP contribution in [0, 0.1) is 0 Å². The van der Waals surface area contributed by atoms with Gasteiger partial charge in [-0.25, -0.2) is 4.98 Å². The average molecular weight is 280 g/mol. The summed E-state index contributed by atoms with van der Waals surface area (Å²) in [5.74, 6) is 0.935. The van der Waals surface area contributed by atoms with Crippen LogP contribution < -0.4 is 0 Å². The minimum absolute atomic E-state index is 0.0353. The van der Waals surface area contributed by atoms with E-state index in [1.165, 1.54) is 0 Å². The number of aromatic nitrogens is 2. The molecule has 0 aliphatic heterocycles. The number of amides is 1. The first-order chi connectivity index (χ1) is 9.02. The number of halogens is 1. The second kappa shape index (κ2) is 5.61. The lowest BCUT2D eigenvalue weighted by Gasteiger charge is -2.15. The molecular weight excluding hydrogens is 262 g/mol. The van der Waals surface area contributed by atoms with E-state index in [2.05, 4.69) is 16.5 Å². The van der Waals surface area contributed by atoms with Crippen LogP contribution >= 0.6 is 11.6 Å². The van der Waals surface area contributed by atoms with Gasteiger partial charge in [-0.1, -0.05) is 18.5 Å². The van der Waals surface area contributed by atoms with Gasteiger partial charge in [-0.15, -0.1) is 0 Å². The van der Waals surface area contributed by atoms with Crippen LogP contribution in [0.2, 0.25) is 5.02 Å². The monoisotopic (exact) mass is 279 g/mol. The Kier molecular flexibility index (Phi) is 4.10. The smallest absolute Gasteiger partial charge is 0.219 e. The summed E-state index contributed by atoms with van der Waals surface area (Å²) in [5.41, 5.74) is 1.95. The van der Waals surface area contributed by atoms with Crippen molar-refractivity contribution < 1.29 is 4.79 Å². The Balaban J connectivity index is 2.47. The Labute approximate surface area is 118 Å². The van der Waals surface area contributed by atoms with Gasteiger partial charge in [0.05, 0.1) is 17.6 Å². The van der Waals surface area contributed by atoms with Crippen LogP contribution in [0.5, 0.6) is 0 Å². The highest BCUT2D eigenvalue weighted by molar-refractivity contribution is 6.31. The molecule has 0 N–H and O–H groups in total. The molecule has 19 heavy (non-hydrogen) atoms. The highest BCUT2D eigenvalue weighted by Gasteiger charge is 2.13. The zero-order valence-electron chi connectivity index (χ0n) is 11.5. The van der Waals surface area contributed by atoms with Crippen LogP contribution in [0.1, 0.15) is 26.1 Å². The lowest BCUT2D eigenvalue weighted by atomic mass is 10.3. The van der Waals surface area contributed by atoms with E-state index in [-0.39, 0.29) is 5.91 Å². The fourth-order valence-corrected chi connectivity index (χ4v) is 2.23. The largest absolute Gasteiger partial charge is 0.339 e. The van der Waals surface area contributed by atoms with Crippen LogP contribution in [-0.2, 0) is 17.9 Å². The SMILES string of the molecule is CCCn1c(CN(C)C(C)=O)nc2ccc(Cl)cc21. The fourth-order valence-electron chi connectivity index (χ4n) is 2.06. The van der Waals surface area contributed by atoms with Gasteiger partial charge in [-0.2, -0.15) is 0 Å². The fraction of sp³-hybridized carbons (Fsp3) is 0.429. The number of nitrogens with zero attached hydrogens (tertiary/aromatic N) is 3. The Hall–Kier alpha value is -1.55. The molecule has 0 unspecified atom stereocenters. The maximum absolute atomic E-state index is 11.4. The van der Waals surface area contributed by atoms with E-state index < -0.39 is 0 Å². The predicted molar refractivity (Wildman–Crippen MR) is 77.2 cm³/mol. The van der Waals surface area contributed by atoms with Gasteiger partial charge in [0.15, 0.2) is 0 Å². The van der Waals surface area contributed by atoms with E-state index in [1.54, 1.807) is 18.9 Å². The third kappa shape index (κ3) is 2.89. The quantitative estimate of drug-likeness (QED) is 0.863. The van der Waals surface area contributed by atoms with Gasteiger partial charge in [0, 0.05) is 25.5 Å². The van der Waals surface area contributed by atoms with Gasteiger partial charge < -0.3 is 9.47 Å². The van der Waals surface area contributed by atoms with Gasteiger partial charge in [-0.3, -0.25) is 4.79 Å². The molecule has 0 aliphatic rings. The topological polar surface area (TPSA) is 38.1 Å². The summed E-state index contributed by atoms with van der Waals surface area (Å²) >= 11 is 6.05. The van der Waals surface area contributed by atoms with E-state index in [0.29, 0.717) is 11.6 Å². The molecule has 4 nitrogen and oxygen atoms in total. The summed E-state index contributed by atoms with van der Waals surface area (Å²) in [6, 6.07) is 5.68. The van der Waals surface area contributed by atoms with Crippen molar-refractivity contribution in [2.24, 2.45) is 0 Å². The van der Waals surface area contributed by atoms with E-state index in [9.17, 15) is 4.79 Å². The lowest BCUT2D eigenvalue weighted by Crippen LogP contribution is -2.25. The third-order valence-corrected chi connectivity index (χ3v) is 3.39. The molecule has 5 heteroatoms. The minimum Gasteiger partial charge on any atom is -0.339 e. The number of hydrogen-bond acceptors (Lipinski definition) is 2. The van der Waals surface area contributed by atoms with Crippen LogP contribution in [-0.4, -0.2) is 27.4 Å². The van der Waals surface area contributed by atoms with Gasteiger partial charge in [0.25, 0.3) is 0 Å². The van der Waals surface area contributed by atoms with Crippen molar-refractivity contribution in [2.75, 3.05) is 7.05 Å². The van der Waals surface area contributed by atoms with Gasteiger partial charge >= 0.3 is 0 Å². The lowest BCUT2D eigenvalue weighted by molar-refractivity contribution is -0.128. The number of fused-ring (bicyclic) bond motifs is 1. The molecule has 102 valence electrons. The molecule has 0 spiro atoms. The van der Waals surface area contributed by atoms with Gasteiger partial charge in [0.2, 0.25) is 5.91 Å². The molecule has 0 radical (unpaired) electrons. The van der Waals surface area contributed by atoms with Crippen molar-refractivity contribution in [3.05, 3.63) is 29.0 Å². The number of carbonyl (C=O) groups is 1. The van der Waals surface area contributed by atoms with Crippen LogP contribution in [0.15, 0.2) is 18.2 Å². The third-order valence-electron chi connectivity index (χ3n) is 3.15. The van der Waals surface area contributed by atoms with Crippen LogP contribution in [0.3, 0.4) is 0 Å². The molecule has 1 heterocycles. The Bertz CT molecular complexity index is 606.